The van der Waals surface area contributed by atoms with Crippen molar-refractivity contribution in [1.29, 1.82) is 0 Å². The highest BCUT2D eigenvalue weighted by molar-refractivity contribution is 9.10. The monoisotopic (exact) mass is 623 g/mol. The largest absolute Gasteiger partial charge is 0.459 e. The maximum atomic E-state index is 15.4. The molecular weight excluding hydrogens is 601 g/mol. The number of fused-ring (bicyclic) bond motifs is 2. The zero-order valence-corrected chi connectivity index (χ0v) is 23.7. The van der Waals surface area contributed by atoms with E-state index in [1.807, 2.05) is 30.0 Å². The lowest BCUT2D eigenvalue weighted by atomic mass is 10.1. The number of halogens is 2. The number of pyridine rings is 1. The van der Waals surface area contributed by atoms with Crippen LogP contribution in [0.25, 0.3) is 21.1 Å². The van der Waals surface area contributed by atoms with Crippen molar-refractivity contribution in [3.63, 3.8) is 0 Å². The van der Waals surface area contributed by atoms with Crippen LogP contribution >= 0.6 is 27.3 Å². The number of carbonyl (C=O) groups is 2. The van der Waals surface area contributed by atoms with E-state index in [0.717, 1.165) is 14.7 Å². The second-order valence-corrected chi connectivity index (χ2v) is 11.3. The Morgan fingerprint density at radius 3 is 2.67 bits per heavy atom. The number of furan rings is 1. The predicted molar refractivity (Wildman–Crippen MR) is 156 cm³/mol. The van der Waals surface area contributed by atoms with E-state index in [-0.39, 0.29) is 22.6 Å². The van der Waals surface area contributed by atoms with E-state index < -0.39 is 17.2 Å². The first-order chi connectivity index (χ1) is 19.3. The van der Waals surface area contributed by atoms with E-state index in [9.17, 15) is 14.4 Å². The molecule has 40 heavy (non-hydrogen) atoms. The second-order valence-electron chi connectivity index (χ2n) is 9.32. The van der Waals surface area contributed by atoms with Gasteiger partial charge in [-0.15, -0.1) is 0 Å². The molecule has 0 radical (unpaired) electrons. The van der Waals surface area contributed by atoms with Gasteiger partial charge in [0.05, 0.1) is 27.7 Å². The van der Waals surface area contributed by atoms with Crippen LogP contribution in [0.2, 0.25) is 0 Å². The number of aryl methyl sites for hydroxylation is 1. The van der Waals surface area contributed by atoms with Gasteiger partial charge in [0, 0.05) is 48.8 Å². The summed E-state index contributed by atoms with van der Waals surface area (Å²) in [6, 6.07) is 11.7. The number of aromatic nitrogens is 2. The van der Waals surface area contributed by atoms with E-state index >= 15 is 4.39 Å². The van der Waals surface area contributed by atoms with Crippen molar-refractivity contribution in [2.45, 2.75) is 13.5 Å². The van der Waals surface area contributed by atoms with Crippen molar-refractivity contribution in [1.82, 2.24) is 14.5 Å². The summed E-state index contributed by atoms with van der Waals surface area (Å²) in [6.45, 7) is 4.00. The van der Waals surface area contributed by atoms with Gasteiger partial charge in [-0.05, 0) is 49.4 Å². The van der Waals surface area contributed by atoms with Gasteiger partial charge in [0.25, 0.3) is 11.8 Å². The highest BCUT2D eigenvalue weighted by Gasteiger charge is 2.26. The molecule has 4 heterocycles. The molecule has 1 saturated heterocycles. The fourth-order valence-electron chi connectivity index (χ4n) is 4.89. The molecule has 1 aliphatic rings. The standard InChI is InChI=1S/C28H23BrFN5O4S/c1-2-33-15-18(26(37)32-28-31-20-6-5-16(29)12-24(20)40-28)25(36)17-13-19(30)22(14-21(17)33)34-7-9-35(10-8-34)27(38)23-4-3-11-39-23/h3-6,11-15H,2,7-10H2,1H3,(H,31,32,37). The Morgan fingerprint density at radius 2 is 1.95 bits per heavy atom. The molecule has 12 heteroatoms. The van der Waals surface area contributed by atoms with Crippen molar-refractivity contribution in [3.05, 3.63) is 86.8 Å². The maximum absolute atomic E-state index is 15.4. The van der Waals surface area contributed by atoms with Gasteiger partial charge in [-0.3, -0.25) is 19.7 Å². The predicted octanol–water partition coefficient (Wildman–Crippen LogP) is 5.34. The van der Waals surface area contributed by atoms with E-state index in [0.29, 0.717) is 49.1 Å². The van der Waals surface area contributed by atoms with Crippen LogP contribution in [0.3, 0.4) is 0 Å². The lowest BCUT2D eigenvalue weighted by molar-refractivity contribution is 0.0714. The molecule has 3 aromatic heterocycles. The molecule has 2 amide bonds. The Kier molecular flexibility index (Phi) is 6.88. The van der Waals surface area contributed by atoms with E-state index in [1.54, 1.807) is 27.7 Å². The molecule has 1 fully saturated rings. The Hall–Kier alpha value is -4.03. The first-order valence-electron chi connectivity index (χ1n) is 12.6. The highest BCUT2D eigenvalue weighted by atomic mass is 79.9. The van der Waals surface area contributed by atoms with Crippen LogP contribution in [-0.2, 0) is 6.54 Å². The number of rotatable bonds is 5. The second kappa shape index (κ2) is 10.5. The van der Waals surface area contributed by atoms with Crippen LogP contribution < -0.4 is 15.6 Å². The minimum Gasteiger partial charge on any atom is -0.459 e. The van der Waals surface area contributed by atoms with E-state index in [4.69, 9.17) is 4.42 Å². The summed E-state index contributed by atoms with van der Waals surface area (Å²) in [7, 11) is 0. The fraction of sp³-hybridized carbons (Fsp3) is 0.214. The van der Waals surface area contributed by atoms with Gasteiger partial charge in [0.15, 0.2) is 10.9 Å². The molecule has 1 N–H and O–H groups in total. The van der Waals surface area contributed by atoms with Gasteiger partial charge in [-0.1, -0.05) is 27.3 Å². The van der Waals surface area contributed by atoms with Crippen molar-refractivity contribution >= 4 is 71.0 Å². The highest BCUT2D eigenvalue weighted by Crippen LogP contribution is 2.30. The average molecular weight is 624 g/mol. The molecule has 0 spiro atoms. The Balaban J connectivity index is 1.27. The maximum Gasteiger partial charge on any atom is 0.289 e. The average Bonchev–Trinajstić information content (AvgIpc) is 3.63. The van der Waals surface area contributed by atoms with E-state index in [1.165, 1.54) is 29.9 Å². The van der Waals surface area contributed by atoms with E-state index in [2.05, 4.69) is 26.2 Å². The SMILES string of the molecule is CCn1cc(C(=O)Nc2nc3ccc(Br)cc3s2)c(=O)c2cc(F)c(N3CCN(C(=O)c4ccco4)CC3)cc21. The molecular formula is C28H23BrFN5O4S. The Morgan fingerprint density at radius 1 is 1.15 bits per heavy atom. The molecule has 1 aliphatic heterocycles. The molecule has 2 aromatic carbocycles. The molecule has 0 saturated carbocycles. The zero-order valence-electron chi connectivity index (χ0n) is 21.3. The lowest BCUT2D eigenvalue weighted by Crippen LogP contribution is -2.49. The number of nitrogens with one attached hydrogen (secondary N) is 1. The number of thiazole rings is 1. The molecule has 6 rings (SSSR count). The summed E-state index contributed by atoms with van der Waals surface area (Å²) >= 11 is 4.72. The van der Waals surface area contributed by atoms with Crippen LogP contribution in [0.1, 0.15) is 27.8 Å². The third kappa shape index (κ3) is 4.77. The summed E-state index contributed by atoms with van der Waals surface area (Å²) in [5, 5.41) is 3.21. The van der Waals surface area contributed by atoms with Gasteiger partial charge in [0.1, 0.15) is 11.4 Å². The number of carbonyl (C=O) groups excluding carboxylic acids is 2. The normalized spacial score (nSPS) is 13.8. The van der Waals surface area contributed by atoms with Crippen LogP contribution in [0, 0.1) is 5.82 Å². The quantitative estimate of drug-likeness (QED) is 0.284. The van der Waals surface area contributed by atoms with Gasteiger partial charge in [0.2, 0.25) is 5.43 Å². The topological polar surface area (TPSA) is 101 Å². The zero-order chi connectivity index (χ0) is 28.0. The number of benzene rings is 2. The summed E-state index contributed by atoms with van der Waals surface area (Å²) < 4.78 is 24.2. The summed E-state index contributed by atoms with van der Waals surface area (Å²) in [4.78, 5) is 47.1. The van der Waals surface area contributed by atoms with Gasteiger partial charge in [-0.25, -0.2) is 9.37 Å². The molecule has 0 aliphatic carbocycles. The van der Waals surface area contributed by atoms with Gasteiger partial charge < -0.3 is 18.8 Å². The number of amides is 2. The summed E-state index contributed by atoms with van der Waals surface area (Å²) in [5.74, 6) is -1.09. The van der Waals surface area contributed by atoms with Crippen LogP contribution in [0.15, 0.2) is 68.6 Å². The van der Waals surface area contributed by atoms with Crippen molar-refractivity contribution in [2.75, 3.05) is 36.4 Å². The van der Waals surface area contributed by atoms with Crippen LogP contribution in [0.4, 0.5) is 15.2 Å². The molecule has 0 unspecified atom stereocenters. The van der Waals surface area contributed by atoms with Gasteiger partial charge >= 0.3 is 0 Å². The number of anilines is 2. The molecule has 0 atom stereocenters. The van der Waals surface area contributed by atoms with Gasteiger partial charge in [-0.2, -0.15) is 0 Å². The minimum absolute atomic E-state index is 0.0908. The number of nitrogens with zero attached hydrogens (tertiary/aromatic N) is 4. The van der Waals surface area contributed by atoms with Crippen molar-refractivity contribution < 1.29 is 18.4 Å². The summed E-state index contributed by atoms with van der Waals surface area (Å²) in [6.07, 6.45) is 2.96. The smallest absolute Gasteiger partial charge is 0.289 e. The Bertz CT molecular complexity index is 1830. The first kappa shape index (κ1) is 26.2. The van der Waals surface area contributed by atoms with Crippen molar-refractivity contribution in [2.24, 2.45) is 0 Å². The number of hydrogen-bond acceptors (Lipinski definition) is 7. The molecule has 0 bridgehead atoms. The lowest BCUT2D eigenvalue weighted by Gasteiger charge is -2.36. The van der Waals surface area contributed by atoms with Crippen LogP contribution in [0.5, 0.6) is 0 Å². The molecule has 204 valence electrons. The third-order valence-electron chi connectivity index (χ3n) is 6.94. The molecule has 5 aromatic rings. The summed E-state index contributed by atoms with van der Waals surface area (Å²) in [5.41, 5.74) is 0.956. The first-order valence-corrected chi connectivity index (χ1v) is 14.2. The Labute approximate surface area is 239 Å². The molecule has 9 nitrogen and oxygen atoms in total. The third-order valence-corrected chi connectivity index (χ3v) is 8.37. The minimum atomic E-state index is -0.603. The van der Waals surface area contributed by atoms with Crippen molar-refractivity contribution in [3.8, 4) is 0 Å². The fourth-order valence-corrected chi connectivity index (χ4v) is 6.30. The number of hydrogen-bond donors (Lipinski definition) is 1. The van der Waals surface area contributed by atoms with Crippen LogP contribution in [-0.4, -0.2) is 52.4 Å². The number of piperazine rings is 1.